The van der Waals surface area contributed by atoms with Gasteiger partial charge in [-0.15, -0.1) is 11.3 Å². The zero-order chi connectivity index (χ0) is 19.6. The van der Waals surface area contributed by atoms with Crippen LogP contribution in [0.4, 0.5) is 5.13 Å². The molecule has 3 aromatic heterocycles. The number of aromatic nitrogens is 5. The molecule has 27 heavy (non-hydrogen) atoms. The van der Waals surface area contributed by atoms with Crippen LogP contribution in [0.25, 0.3) is 11.3 Å². The number of carbonyl (C=O) groups excluding carboxylic acids is 1. The Hall–Kier alpha value is -2.48. The number of aryl methyl sites for hydroxylation is 3. The number of anilines is 1. The topological polar surface area (TPSA) is 77.6 Å². The zero-order valence-electron chi connectivity index (χ0n) is 16.5. The van der Waals surface area contributed by atoms with Gasteiger partial charge in [0.05, 0.1) is 17.6 Å². The Bertz CT molecular complexity index is 938. The molecule has 1 N–H and O–H groups in total. The average Bonchev–Trinajstić information content (AvgIpc) is 3.31. The van der Waals surface area contributed by atoms with E-state index in [0.717, 1.165) is 47.7 Å². The number of carbonyl (C=O) groups is 1. The predicted octanol–water partition coefficient (Wildman–Crippen LogP) is 4.13. The number of thiazole rings is 1. The van der Waals surface area contributed by atoms with Crippen molar-refractivity contribution in [3.05, 3.63) is 34.7 Å². The lowest BCUT2D eigenvalue weighted by atomic mass is 10.1. The van der Waals surface area contributed by atoms with Gasteiger partial charge in [-0.25, -0.2) is 4.98 Å². The van der Waals surface area contributed by atoms with Gasteiger partial charge in [0.25, 0.3) is 5.91 Å². The Balaban J connectivity index is 1.79. The molecule has 0 bridgehead atoms. The van der Waals surface area contributed by atoms with E-state index >= 15 is 0 Å². The maximum atomic E-state index is 12.9. The molecule has 144 valence electrons. The Morgan fingerprint density at radius 2 is 2.07 bits per heavy atom. The van der Waals surface area contributed by atoms with Crippen molar-refractivity contribution in [2.75, 3.05) is 5.32 Å². The molecule has 0 fully saturated rings. The predicted molar refractivity (Wildman–Crippen MR) is 108 cm³/mol. The molecule has 1 atom stereocenters. The SMILES string of the molecule is CCC[C@H](C(=O)Nc1nc(-c2cnn(CC)c2C)cs1)n1nc(C)cc1C. The van der Waals surface area contributed by atoms with Crippen molar-refractivity contribution < 1.29 is 4.79 Å². The van der Waals surface area contributed by atoms with Crippen molar-refractivity contribution in [2.24, 2.45) is 0 Å². The van der Waals surface area contributed by atoms with Crippen molar-refractivity contribution in [1.82, 2.24) is 24.5 Å². The first-order valence-corrected chi connectivity index (χ1v) is 10.1. The highest BCUT2D eigenvalue weighted by Crippen LogP contribution is 2.28. The van der Waals surface area contributed by atoms with Crippen LogP contribution in [0.15, 0.2) is 17.6 Å². The molecule has 3 heterocycles. The number of nitrogens with zero attached hydrogens (tertiary/aromatic N) is 5. The first-order chi connectivity index (χ1) is 12.9. The number of rotatable bonds is 7. The summed E-state index contributed by atoms with van der Waals surface area (Å²) in [6, 6.07) is 1.66. The standard InChI is InChI=1S/C19H26N6OS/c1-6-8-17(25-13(4)9-12(3)23-25)18(26)22-19-21-16(11-27-19)15-10-20-24(7-2)14(15)5/h9-11,17H,6-8H2,1-5H3,(H,21,22,26)/t17-/m1/s1. The molecule has 0 unspecified atom stereocenters. The molecule has 3 rings (SSSR count). The van der Waals surface area contributed by atoms with Gasteiger partial charge in [0, 0.05) is 28.9 Å². The number of hydrogen-bond acceptors (Lipinski definition) is 5. The van der Waals surface area contributed by atoms with Crippen molar-refractivity contribution in [1.29, 1.82) is 0 Å². The Labute approximate surface area is 163 Å². The summed E-state index contributed by atoms with van der Waals surface area (Å²) in [5.41, 5.74) is 4.82. The minimum absolute atomic E-state index is 0.0788. The molecule has 0 aliphatic carbocycles. The third-order valence-corrected chi connectivity index (χ3v) is 5.38. The third kappa shape index (κ3) is 3.95. The van der Waals surface area contributed by atoms with E-state index in [2.05, 4.69) is 34.3 Å². The van der Waals surface area contributed by atoms with E-state index in [0.29, 0.717) is 5.13 Å². The van der Waals surface area contributed by atoms with E-state index in [9.17, 15) is 4.79 Å². The van der Waals surface area contributed by atoms with Gasteiger partial charge in [0.2, 0.25) is 0 Å². The summed E-state index contributed by atoms with van der Waals surface area (Å²) >= 11 is 1.43. The van der Waals surface area contributed by atoms with Crippen molar-refractivity contribution >= 4 is 22.4 Å². The monoisotopic (exact) mass is 386 g/mol. The minimum atomic E-state index is -0.333. The summed E-state index contributed by atoms with van der Waals surface area (Å²) in [6.07, 6.45) is 3.46. The molecule has 3 aromatic rings. The Morgan fingerprint density at radius 1 is 1.30 bits per heavy atom. The molecular formula is C19H26N6OS. The fourth-order valence-corrected chi connectivity index (χ4v) is 3.97. The fourth-order valence-electron chi connectivity index (χ4n) is 3.26. The van der Waals surface area contributed by atoms with E-state index < -0.39 is 0 Å². The second kappa shape index (κ2) is 8.04. The molecule has 0 aliphatic heterocycles. The molecule has 7 nitrogen and oxygen atoms in total. The van der Waals surface area contributed by atoms with Crippen LogP contribution in [0, 0.1) is 20.8 Å². The number of hydrogen-bond donors (Lipinski definition) is 1. The van der Waals surface area contributed by atoms with Crippen molar-refractivity contribution in [3.63, 3.8) is 0 Å². The van der Waals surface area contributed by atoms with Gasteiger partial charge in [0.15, 0.2) is 5.13 Å². The lowest BCUT2D eigenvalue weighted by Crippen LogP contribution is -2.27. The highest BCUT2D eigenvalue weighted by molar-refractivity contribution is 7.14. The van der Waals surface area contributed by atoms with Crippen LogP contribution in [0.2, 0.25) is 0 Å². The van der Waals surface area contributed by atoms with E-state index in [-0.39, 0.29) is 11.9 Å². The molecule has 0 saturated carbocycles. The highest BCUT2D eigenvalue weighted by Gasteiger charge is 2.23. The van der Waals surface area contributed by atoms with Crippen molar-refractivity contribution in [2.45, 2.75) is 60.0 Å². The van der Waals surface area contributed by atoms with Crippen LogP contribution in [0.5, 0.6) is 0 Å². The van der Waals surface area contributed by atoms with Gasteiger partial charge in [-0.1, -0.05) is 13.3 Å². The summed E-state index contributed by atoms with van der Waals surface area (Å²) in [5, 5.41) is 14.4. The van der Waals surface area contributed by atoms with Gasteiger partial charge >= 0.3 is 0 Å². The molecule has 0 radical (unpaired) electrons. The summed E-state index contributed by atoms with van der Waals surface area (Å²) < 4.78 is 3.76. The molecule has 0 aromatic carbocycles. The minimum Gasteiger partial charge on any atom is -0.300 e. The second-order valence-corrected chi connectivity index (χ2v) is 7.52. The van der Waals surface area contributed by atoms with Gasteiger partial charge in [0.1, 0.15) is 6.04 Å². The lowest BCUT2D eigenvalue weighted by Gasteiger charge is -2.17. The largest absolute Gasteiger partial charge is 0.300 e. The molecule has 8 heteroatoms. The van der Waals surface area contributed by atoms with Gasteiger partial charge in [-0.05, 0) is 40.2 Å². The fraction of sp³-hybridized carbons (Fsp3) is 0.474. The van der Waals surface area contributed by atoms with Crippen LogP contribution in [0.3, 0.4) is 0 Å². The first-order valence-electron chi connectivity index (χ1n) is 9.26. The molecule has 0 saturated heterocycles. The molecule has 0 aliphatic rings. The smallest absolute Gasteiger partial charge is 0.251 e. The zero-order valence-corrected chi connectivity index (χ0v) is 17.3. The normalized spacial score (nSPS) is 12.3. The molecule has 1 amide bonds. The molecular weight excluding hydrogens is 360 g/mol. The van der Waals surface area contributed by atoms with Crippen molar-refractivity contribution in [3.8, 4) is 11.3 Å². The van der Waals surface area contributed by atoms with E-state index in [4.69, 9.17) is 0 Å². The van der Waals surface area contributed by atoms with Crippen LogP contribution in [-0.4, -0.2) is 30.5 Å². The number of nitrogens with one attached hydrogen (secondary N) is 1. The molecule has 0 spiro atoms. The summed E-state index contributed by atoms with van der Waals surface area (Å²) in [7, 11) is 0. The summed E-state index contributed by atoms with van der Waals surface area (Å²) in [6.45, 7) is 10.9. The highest BCUT2D eigenvalue weighted by atomic mass is 32.1. The lowest BCUT2D eigenvalue weighted by molar-refractivity contribution is -0.119. The van der Waals surface area contributed by atoms with E-state index in [1.54, 1.807) is 0 Å². The summed E-state index contributed by atoms with van der Waals surface area (Å²) in [5.74, 6) is -0.0788. The van der Waals surface area contributed by atoms with Gasteiger partial charge in [-0.3, -0.25) is 14.2 Å². The van der Waals surface area contributed by atoms with Gasteiger partial charge in [-0.2, -0.15) is 10.2 Å². The third-order valence-electron chi connectivity index (χ3n) is 4.62. The van der Waals surface area contributed by atoms with Crippen LogP contribution >= 0.6 is 11.3 Å². The van der Waals surface area contributed by atoms with Crippen LogP contribution in [0.1, 0.15) is 49.8 Å². The summed E-state index contributed by atoms with van der Waals surface area (Å²) in [4.78, 5) is 17.5. The van der Waals surface area contributed by atoms with E-state index in [1.807, 2.05) is 47.8 Å². The van der Waals surface area contributed by atoms with Gasteiger partial charge < -0.3 is 5.32 Å². The quantitative estimate of drug-likeness (QED) is 0.662. The maximum absolute atomic E-state index is 12.9. The van der Waals surface area contributed by atoms with E-state index in [1.165, 1.54) is 11.3 Å². The van der Waals surface area contributed by atoms with Crippen LogP contribution in [-0.2, 0) is 11.3 Å². The van der Waals surface area contributed by atoms with Crippen LogP contribution < -0.4 is 5.32 Å². The second-order valence-electron chi connectivity index (χ2n) is 6.66. The Kier molecular flexibility index (Phi) is 5.74. The number of amides is 1. The Morgan fingerprint density at radius 3 is 2.67 bits per heavy atom. The average molecular weight is 387 g/mol. The first kappa shape index (κ1) is 19.3. The maximum Gasteiger partial charge on any atom is 0.251 e.